The Hall–Kier alpha value is -3.68. The molecule has 1 aliphatic carbocycles. The molecule has 0 radical (unpaired) electrons. The lowest BCUT2D eigenvalue weighted by Gasteiger charge is -2.10. The van der Waals surface area contributed by atoms with Gasteiger partial charge in [-0.05, 0) is 56.5 Å². The normalized spacial score (nSPS) is 13.9. The van der Waals surface area contributed by atoms with E-state index in [1.165, 1.54) is 19.1 Å². The molecule has 8 heteroatoms. The summed E-state index contributed by atoms with van der Waals surface area (Å²) >= 11 is 0. The van der Waals surface area contributed by atoms with Crippen LogP contribution in [0.25, 0.3) is 5.69 Å². The number of hydrogen-bond donors (Lipinski definition) is 1. The molecule has 0 bridgehead atoms. The maximum absolute atomic E-state index is 13.3. The van der Waals surface area contributed by atoms with Gasteiger partial charge in [-0.15, -0.1) is 0 Å². The number of benzene rings is 2. The second kappa shape index (κ2) is 6.98. The second-order valence-corrected chi connectivity index (χ2v) is 7.28. The maximum Gasteiger partial charge on any atom is 0.276 e. The highest BCUT2D eigenvalue weighted by atomic mass is 19.1. The number of carbonyl (C=O) groups is 2. The topological polar surface area (TPSA) is 82.5 Å². The quantitative estimate of drug-likeness (QED) is 0.667. The van der Waals surface area contributed by atoms with E-state index >= 15 is 0 Å². The molecule has 3 aromatic rings. The van der Waals surface area contributed by atoms with Crippen molar-refractivity contribution in [3.63, 3.8) is 0 Å². The highest BCUT2D eigenvalue weighted by Gasteiger charge is 2.28. The van der Waals surface area contributed by atoms with Crippen LogP contribution in [0.2, 0.25) is 0 Å². The molecule has 0 atom stereocenters. The zero-order chi connectivity index (χ0) is 20.8. The van der Waals surface area contributed by atoms with Crippen molar-refractivity contribution in [3.8, 4) is 17.2 Å². The third-order valence-electron chi connectivity index (χ3n) is 5.36. The minimum absolute atomic E-state index is 0.0691. The molecule has 2 aliphatic rings. The average molecular weight is 407 g/mol. The number of carbonyl (C=O) groups excluding carboxylic acids is 2. The first-order chi connectivity index (χ1) is 14.5. The highest BCUT2D eigenvalue weighted by molar-refractivity contribution is 6.09. The first kappa shape index (κ1) is 18.4. The third kappa shape index (κ3) is 3.01. The van der Waals surface area contributed by atoms with E-state index in [0.717, 1.165) is 30.5 Å². The number of hydrogen-bond acceptors (Lipinski definition) is 5. The van der Waals surface area contributed by atoms with Crippen molar-refractivity contribution in [3.05, 3.63) is 64.7 Å². The summed E-state index contributed by atoms with van der Waals surface area (Å²) in [6.45, 7) is 1.49. The van der Waals surface area contributed by atoms with E-state index in [-0.39, 0.29) is 18.4 Å². The van der Waals surface area contributed by atoms with Crippen LogP contribution >= 0.6 is 0 Å². The lowest BCUT2D eigenvalue weighted by molar-refractivity contribution is 0.101. The van der Waals surface area contributed by atoms with Crippen molar-refractivity contribution in [1.82, 2.24) is 9.78 Å². The molecule has 1 amide bonds. The summed E-state index contributed by atoms with van der Waals surface area (Å²) in [6.07, 6.45) is 2.44. The minimum Gasteiger partial charge on any atom is -0.454 e. The molecular formula is C22H18FN3O4. The van der Waals surface area contributed by atoms with Crippen molar-refractivity contribution in [2.24, 2.45) is 0 Å². The molecule has 2 heterocycles. The summed E-state index contributed by atoms with van der Waals surface area (Å²) in [7, 11) is 0. The number of ether oxygens (including phenoxy) is 2. The lowest BCUT2D eigenvalue weighted by Crippen LogP contribution is -2.17. The number of Topliss-reactive ketones (excluding diaryl/α,β-unsaturated/α-hetero) is 1. The van der Waals surface area contributed by atoms with Crippen LogP contribution in [0, 0.1) is 5.82 Å². The number of fused-ring (bicyclic) bond motifs is 2. The molecule has 0 saturated heterocycles. The van der Waals surface area contributed by atoms with E-state index in [0.29, 0.717) is 34.1 Å². The predicted molar refractivity (Wildman–Crippen MR) is 106 cm³/mol. The maximum atomic E-state index is 13.3. The van der Waals surface area contributed by atoms with Gasteiger partial charge in [-0.25, -0.2) is 9.07 Å². The Labute approximate surface area is 171 Å². The van der Waals surface area contributed by atoms with Gasteiger partial charge in [0.15, 0.2) is 23.0 Å². The summed E-state index contributed by atoms with van der Waals surface area (Å²) in [5, 5.41) is 7.33. The molecule has 0 saturated carbocycles. The van der Waals surface area contributed by atoms with E-state index in [9.17, 15) is 14.0 Å². The number of nitrogens with one attached hydrogen (secondary N) is 1. The Morgan fingerprint density at radius 1 is 1.10 bits per heavy atom. The Morgan fingerprint density at radius 2 is 1.83 bits per heavy atom. The zero-order valence-electron chi connectivity index (χ0n) is 16.2. The number of rotatable bonds is 4. The van der Waals surface area contributed by atoms with Crippen LogP contribution in [0.1, 0.15) is 45.4 Å². The minimum atomic E-state index is -0.407. The van der Waals surface area contributed by atoms with Crippen molar-refractivity contribution in [2.75, 3.05) is 12.1 Å². The molecule has 30 heavy (non-hydrogen) atoms. The summed E-state index contributed by atoms with van der Waals surface area (Å²) in [4.78, 5) is 25.2. The predicted octanol–water partition coefficient (Wildman–Crippen LogP) is 3.68. The average Bonchev–Trinajstić information content (AvgIpc) is 3.44. The number of halogens is 1. The molecule has 7 nitrogen and oxygen atoms in total. The summed E-state index contributed by atoms with van der Waals surface area (Å²) in [5.74, 6) is -0.00168. The van der Waals surface area contributed by atoms with Crippen molar-refractivity contribution >= 4 is 17.4 Å². The van der Waals surface area contributed by atoms with Gasteiger partial charge in [-0.3, -0.25) is 9.59 Å². The largest absolute Gasteiger partial charge is 0.454 e. The van der Waals surface area contributed by atoms with Gasteiger partial charge in [-0.1, -0.05) is 0 Å². The van der Waals surface area contributed by atoms with Crippen molar-refractivity contribution < 1.29 is 23.5 Å². The van der Waals surface area contributed by atoms with Crippen molar-refractivity contribution in [1.29, 1.82) is 0 Å². The molecule has 152 valence electrons. The first-order valence-corrected chi connectivity index (χ1v) is 9.64. The molecule has 0 spiro atoms. The van der Waals surface area contributed by atoms with Gasteiger partial charge in [0.1, 0.15) is 5.82 Å². The van der Waals surface area contributed by atoms with Crippen LogP contribution in [0.3, 0.4) is 0 Å². The van der Waals surface area contributed by atoms with Crippen LogP contribution < -0.4 is 14.8 Å². The van der Waals surface area contributed by atoms with Crippen LogP contribution in [-0.4, -0.2) is 28.3 Å². The third-order valence-corrected chi connectivity index (χ3v) is 5.36. The van der Waals surface area contributed by atoms with Gasteiger partial charge >= 0.3 is 0 Å². The standard InChI is InChI=1S/C22H18FN3O4/c1-12(27)16-9-19-20(30-11-29-19)10-17(16)24-22(28)21-15-3-2-4-18(15)26(25-21)14-7-5-13(23)6-8-14/h5-10H,2-4,11H2,1H3,(H,24,28). The van der Waals surface area contributed by atoms with Gasteiger partial charge in [-0.2, -0.15) is 5.10 Å². The molecule has 1 aliphatic heterocycles. The van der Waals surface area contributed by atoms with E-state index in [1.807, 2.05) is 0 Å². The molecule has 0 fully saturated rings. The fourth-order valence-corrected chi connectivity index (χ4v) is 3.93. The van der Waals surface area contributed by atoms with Crippen LogP contribution in [-0.2, 0) is 12.8 Å². The number of anilines is 1. The van der Waals surface area contributed by atoms with E-state index in [1.54, 1.807) is 28.9 Å². The Kier molecular flexibility index (Phi) is 4.27. The van der Waals surface area contributed by atoms with Gasteiger partial charge in [0.25, 0.3) is 5.91 Å². The molecule has 2 aromatic carbocycles. The van der Waals surface area contributed by atoms with Crippen molar-refractivity contribution in [2.45, 2.75) is 26.2 Å². The second-order valence-electron chi connectivity index (χ2n) is 7.28. The number of ketones is 1. The Bertz CT molecular complexity index is 1180. The molecule has 0 unspecified atom stereocenters. The smallest absolute Gasteiger partial charge is 0.276 e. The van der Waals surface area contributed by atoms with Gasteiger partial charge in [0.05, 0.1) is 11.4 Å². The molecule has 1 N–H and O–H groups in total. The lowest BCUT2D eigenvalue weighted by atomic mass is 10.1. The Balaban J connectivity index is 1.52. The van der Waals surface area contributed by atoms with Crippen LogP contribution in [0.4, 0.5) is 10.1 Å². The first-order valence-electron chi connectivity index (χ1n) is 9.64. The number of nitrogens with zero attached hydrogens (tertiary/aromatic N) is 2. The summed E-state index contributed by atoms with van der Waals surface area (Å²) in [5.41, 5.74) is 3.51. The van der Waals surface area contributed by atoms with E-state index < -0.39 is 5.91 Å². The highest BCUT2D eigenvalue weighted by Crippen LogP contribution is 2.37. The molecular weight excluding hydrogens is 389 g/mol. The number of aromatic nitrogens is 2. The summed E-state index contributed by atoms with van der Waals surface area (Å²) in [6, 6.07) is 9.16. The monoisotopic (exact) mass is 407 g/mol. The van der Waals surface area contributed by atoms with Crippen LogP contribution in [0.5, 0.6) is 11.5 Å². The Morgan fingerprint density at radius 3 is 2.57 bits per heavy atom. The van der Waals surface area contributed by atoms with Crippen LogP contribution in [0.15, 0.2) is 36.4 Å². The number of amides is 1. The summed E-state index contributed by atoms with van der Waals surface area (Å²) < 4.78 is 25.7. The van der Waals surface area contributed by atoms with Gasteiger partial charge in [0.2, 0.25) is 6.79 Å². The SMILES string of the molecule is CC(=O)c1cc2c(cc1NC(=O)c1nn(-c3ccc(F)cc3)c3c1CCC3)OCO2. The fraction of sp³-hybridized carbons (Fsp3) is 0.227. The molecule has 5 rings (SSSR count). The van der Waals surface area contributed by atoms with Gasteiger partial charge < -0.3 is 14.8 Å². The van der Waals surface area contributed by atoms with E-state index in [4.69, 9.17) is 9.47 Å². The van der Waals surface area contributed by atoms with E-state index in [2.05, 4.69) is 10.4 Å². The molecule has 1 aromatic heterocycles. The fourth-order valence-electron chi connectivity index (χ4n) is 3.93. The van der Waals surface area contributed by atoms with Gasteiger partial charge in [0, 0.05) is 22.9 Å². The zero-order valence-corrected chi connectivity index (χ0v) is 16.2.